The quantitative estimate of drug-likeness (QED) is 0.180. The fourth-order valence-electron chi connectivity index (χ4n) is 3.31. The molecule has 0 aliphatic carbocycles. The lowest BCUT2D eigenvalue weighted by atomic mass is 10.1. The summed E-state index contributed by atoms with van der Waals surface area (Å²) < 4.78 is 13.9. The van der Waals surface area contributed by atoms with E-state index in [0.29, 0.717) is 16.2 Å². The molecule has 30 heavy (non-hydrogen) atoms. The van der Waals surface area contributed by atoms with E-state index >= 15 is 0 Å². The van der Waals surface area contributed by atoms with Gasteiger partial charge in [-0.1, -0.05) is 12.2 Å². The molecule has 4 aromatic rings. The van der Waals surface area contributed by atoms with E-state index in [1.807, 2.05) is 16.8 Å². The lowest BCUT2D eigenvalue weighted by Crippen LogP contribution is -2.45. The third-order valence-corrected chi connectivity index (χ3v) is 7.50. The molecule has 0 aromatic carbocycles. The Morgan fingerprint density at radius 3 is 3.10 bits per heavy atom. The molecule has 4 aromatic heterocycles. The van der Waals surface area contributed by atoms with Crippen molar-refractivity contribution in [2.45, 2.75) is 24.9 Å². The average molecular weight is 532 g/mol. The minimum atomic E-state index is -1.47. The van der Waals surface area contributed by atoms with E-state index in [9.17, 15) is 15.0 Å². The maximum Gasteiger partial charge on any atom is 0.287 e. The summed E-state index contributed by atoms with van der Waals surface area (Å²) in [6, 6.07) is 1.95. The van der Waals surface area contributed by atoms with Crippen LogP contribution in [-0.4, -0.2) is 59.1 Å². The van der Waals surface area contributed by atoms with Gasteiger partial charge in [-0.15, -0.1) is 0 Å². The van der Waals surface area contributed by atoms with Crippen LogP contribution in [0.1, 0.15) is 0 Å². The molecule has 0 amide bonds. The van der Waals surface area contributed by atoms with E-state index in [2.05, 4.69) is 43.1 Å². The van der Waals surface area contributed by atoms with Crippen LogP contribution in [0.3, 0.4) is 0 Å². The summed E-state index contributed by atoms with van der Waals surface area (Å²) in [5.41, 5.74) is 1.85. The van der Waals surface area contributed by atoms with E-state index in [1.54, 1.807) is 22.1 Å². The van der Waals surface area contributed by atoms with Crippen molar-refractivity contribution in [3.8, 4) is 11.3 Å². The highest BCUT2D eigenvalue weighted by molar-refractivity contribution is 9.10. The molecule has 3 N–H and O–H groups in total. The predicted octanol–water partition coefficient (Wildman–Crippen LogP) is 2.16. The Bertz CT molecular complexity index is 1270. The molecule has 1 aliphatic heterocycles. The van der Waals surface area contributed by atoms with Crippen LogP contribution in [0.4, 0.5) is 0 Å². The molecule has 0 radical (unpaired) electrons. The van der Waals surface area contributed by atoms with Gasteiger partial charge in [0, 0.05) is 17.1 Å². The van der Waals surface area contributed by atoms with Crippen molar-refractivity contribution < 1.29 is 19.3 Å². The number of H-pyrrole nitrogens is 1. The number of halogens is 1. The summed E-state index contributed by atoms with van der Waals surface area (Å²) in [5, 5.41) is 24.7. The van der Waals surface area contributed by atoms with Crippen molar-refractivity contribution in [2.24, 2.45) is 0 Å². The Morgan fingerprint density at radius 2 is 2.33 bits per heavy atom. The van der Waals surface area contributed by atoms with Crippen LogP contribution in [-0.2, 0) is 15.6 Å². The summed E-state index contributed by atoms with van der Waals surface area (Å²) in [6.07, 6.45) is -1.29. The van der Waals surface area contributed by atoms with Crippen molar-refractivity contribution in [1.82, 2.24) is 23.9 Å². The van der Waals surface area contributed by atoms with Crippen LogP contribution < -0.4 is 5.56 Å². The van der Waals surface area contributed by atoms with Gasteiger partial charge in [-0.05, 0) is 27.4 Å². The number of imidazole rings is 2. The highest BCUT2D eigenvalue weighted by Gasteiger charge is 2.36. The molecule has 0 spiro atoms. The lowest BCUT2D eigenvalue weighted by Gasteiger charge is -2.33. The van der Waals surface area contributed by atoms with Gasteiger partial charge in [0.25, 0.3) is 5.56 Å². The third kappa shape index (κ3) is 3.53. The molecule has 0 saturated carbocycles. The Morgan fingerprint density at radius 1 is 1.50 bits per heavy atom. The summed E-state index contributed by atoms with van der Waals surface area (Å²) >= 11 is 9.03. The van der Waals surface area contributed by atoms with Crippen LogP contribution in [0.25, 0.3) is 28.2 Å². The average Bonchev–Trinajstić information content (AvgIpc) is 3.44. The van der Waals surface area contributed by atoms with E-state index in [4.69, 9.17) is 9.05 Å². The standard InChI is InChI=1S/C16H15BrN5O5PS2/c17-15-19-11-13(21(15)4-9(23)12-10(24)5-26-28(29)27-12)20-16-18-8(3-22(16)14(11)25)7-1-2-30-6-7/h1-3,6,9-10,12,23-24,29H,4-5H2,(H,18,20). The number of nitrogens with zero attached hydrogens (tertiary/aromatic N) is 4. The lowest BCUT2D eigenvalue weighted by molar-refractivity contribution is -0.0833. The highest BCUT2D eigenvalue weighted by atomic mass is 79.9. The molecule has 10 nitrogen and oxygen atoms in total. The van der Waals surface area contributed by atoms with Crippen LogP contribution in [0.5, 0.6) is 0 Å². The Balaban J connectivity index is 1.55. The SMILES string of the molecule is O=c1c2nc(Br)n(CC(O)C3OP(S)OCC3O)c2nc2[nH]c(-c3ccsc3)cn12. The molecular weight excluding hydrogens is 517 g/mol. The number of hydrogen-bond donors (Lipinski definition) is 4. The third-order valence-electron chi connectivity index (χ3n) is 4.79. The second-order valence-corrected chi connectivity index (χ2v) is 10.1. The number of aromatic nitrogens is 5. The number of thiophene rings is 1. The summed E-state index contributed by atoms with van der Waals surface area (Å²) in [7, 11) is -1.47. The fraction of sp³-hybridized carbons (Fsp3) is 0.312. The Kier molecular flexibility index (Phi) is 5.48. The second-order valence-electron chi connectivity index (χ2n) is 6.69. The van der Waals surface area contributed by atoms with Gasteiger partial charge in [0.05, 0.1) is 18.8 Å². The zero-order chi connectivity index (χ0) is 21.0. The molecule has 0 bridgehead atoms. The zero-order valence-electron chi connectivity index (χ0n) is 15.0. The number of thiol groups is 1. The Hall–Kier alpha value is -1.31. The van der Waals surface area contributed by atoms with Crippen LogP contribution in [0, 0.1) is 0 Å². The number of nitrogens with one attached hydrogen (secondary N) is 1. The summed E-state index contributed by atoms with van der Waals surface area (Å²) in [5.74, 6) is 0.359. The summed E-state index contributed by atoms with van der Waals surface area (Å²) in [6.45, 7) is 0.0211. The molecule has 158 valence electrons. The number of hydrogen-bond acceptors (Lipinski definition) is 9. The molecule has 4 atom stereocenters. The molecule has 1 aliphatic rings. The minimum Gasteiger partial charge on any atom is -0.388 e. The zero-order valence-corrected chi connectivity index (χ0v) is 19.2. The first-order valence-electron chi connectivity index (χ1n) is 8.77. The van der Waals surface area contributed by atoms with Crippen LogP contribution in [0.2, 0.25) is 0 Å². The van der Waals surface area contributed by atoms with Gasteiger partial charge in [0.15, 0.2) is 15.9 Å². The van der Waals surface area contributed by atoms with Gasteiger partial charge < -0.3 is 28.8 Å². The Labute approximate surface area is 187 Å². The van der Waals surface area contributed by atoms with Crippen molar-refractivity contribution in [3.63, 3.8) is 0 Å². The van der Waals surface area contributed by atoms with Crippen molar-refractivity contribution in [3.05, 3.63) is 38.1 Å². The maximum atomic E-state index is 13.0. The van der Waals surface area contributed by atoms with Gasteiger partial charge in [0.2, 0.25) is 13.4 Å². The van der Waals surface area contributed by atoms with Crippen molar-refractivity contribution in [2.75, 3.05) is 6.61 Å². The van der Waals surface area contributed by atoms with E-state index in [0.717, 1.165) is 11.3 Å². The maximum absolute atomic E-state index is 13.0. The normalized spacial score (nSPS) is 23.4. The minimum absolute atomic E-state index is 0.00350. The summed E-state index contributed by atoms with van der Waals surface area (Å²) in [4.78, 5) is 25.0. The van der Waals surface area contributed by atoms with E-state index < -0.39 is 25.9 Å². The highest BCUT2D eigenvalue weighted by Crippen LogP contribution is 2.48. The van der Waals surface area contributed by atoms with Gasteiger partial charge in [-0.2, -0.15) is 16.3 Å². The first-order valence-corrected chi connectivity index (χ1v) is 12.8. The smallest absolute Gasteiger partial charge is 0.287 e. The first kappa shape index (κ1) is 20.6. The molecule has 1 saturated heterocycles. The topological polar surface area (TPSA) is 127 Å². The number of rotatable bonds is 4. The van der Waals surface area contributed by atoms with Gasteiger partial charge in [0.1, 0.15) is 18.3 Å². The first-order chi connectivity index (χ1) is 14.4. The largest absolute Gasteiger partial charge is 0.388 e. The number of aliphatic hydroxyl groups excluding tert-OH is 2. The molecular formula is C16H15BrN5O5PS2. The molecule has 5 rings (SSSR count). The molecule has 14 heteroatoms. The van der Waals surface area contributed by atoms with Crippen LogP contribution >= 0.6 is 47.1 Å². The predicted molar refractivity (Wildman–Crippen MR) is 119 cm³/mol. The number of aromatic amines is 1. The molecule has 5 heterocycles. The van der Waals surface area contributed by atoms with Crippen molar-refractivity contribution in [1.29, 1.82) is 0 Å². The van der Waals surface area contributed by atoms with Crippen molar-refractivity contribution >= 4 is 64.0 Å². The molecule has 4 unspecified atom stereocenters. The van der Waals surface area contributed by atoms with Gasteiger partial charge in [-0.3, -0.25) is 4.79 Å². The van der Waals surface area contributed by atoms with Crippen LogP contribution in [0.15, 0.2) is 32.6 Å². The monoisotopic (exact) mass is 531 g/mol. The number of fused-ring (bicyclic) bond motifs is 2. The van der Waals surface area contributed by atoms with E-state index in [-0.39, 0.29) is 24.2 Å². The number of aliphatic hydroxyl groups is 2. The fourth-order valence-corrected chi connectivity index (χ4v) is 5.82. The van der Waals surface area contributed by atoms with Gasteiger partial charge >= 0.3 is 0 Å². The second kappa shape index (κ2) is 7.99. The van der Waals surface area contributed by atoms with Gasteiger partial charge in [-0.25, -0.2) is 9.38 Å². The molecule has 1 fully saturated rings. The van der Waals surface area contributed by atoms with E-state index in [1.165, 1.54) is 4.40 Å².